The number of carbonyl (C=O) groups is 1. The van der Waals surface area contributed by atoms with E-state index < -0.39 is 5.60 Å². The molecule has 0 bridgehead atoms. The lowest BCUT2D eigenvalue weighted by molar-refractivity contribution is -0.157. The first-order chi connectivity index (χ1) is 7.40. The average molecular weight is 225 g/mol. The number of ether oxygens (including phenoxy) is 2. The summed E-state index contributed by atoms with van der Waals surface area (Å²) in [6, 6.07) is 2.08. The van der Waals surface area contributed by atoms with Crippen molar-refractivity contribution in [3.8, 4) is 6.07 Å². The molecule has 1 saturated heterocycles. The van der Waals surface area contributed by atoms with Crippen LogP contribution in [0.3, 0.4) is 0 Å². The van der Waals surface area contributed by atoms with E-state index in [2.05, 4.69) is 6.07 Å². The van der Waals surface area contributed by atoms with Crippen molar-refractivity contribution < 1.29 is 14.3 Å². The minimum atomic E-state index is -0.443. The standard InChI is InChI=1S/C12H19NO3/c1-12(2,3)16-11(14)8-10-5-4-9(15-10)6-7-13/h9-10H,4-6,8H2,1-3H3/t9-,10+/m0/s1. The smallest absolute Gasteiger partial charge is 0.308 e. The van der Waals surface area contributed by atoms with Gasteiger partial charge in [0.2, 0.25) is 0 Å². The molecule has 0 radical (unpaired) electrons. The normalized spacial score (nSPS) is 25.1. The molecule has 1 aliphatic heterocycles. The largest absolute Gasteiger partial charge is 0.460 e. The zero-order chi connectivity index (χ0) is 12.2. The van der Waals surface area contributed by atoms with Crippen LogP contribution >= 0.6 is 0 Å². The molecule has 1 rings (SSSR count). The molecule has 1 aliphatic rings. The highest BCUT2D eigenvalue weighted by Crippen LogP contribution is 2.24. The van der Waals surface area contributed by atoms with Gasteiger partial charge in [-0.25, -0.2) is 0 Å². The topological polar surface area (TPSA) is 59.3 Å². The fraction of sp³-hybridized carbons (Fsp3) is 0.833. The number of nitriles is 1. The SMILES string of the molecule is CC(C)(C)OC(=O)C[C@H]1CC[C@@H](CC#N)O1. The van der Waals surface area contributed by atoms with Gasteiger partial charge in [0.1, 0.15) is 5.60 Å². The number of nitrogens with zero attached hydrogens (tertiary/aromatic N) is 1. The van der Waals surface area contributed by atoms with Crippen molar-refractivity contribution in [1.29, 1.82) is 5.26 Å². The molecular weight excluding hydrogens is 206 g/mol. The highest BCUT2D eigenvalue weighted by atomic mass is 16.6. The molecule has 1 fully saturated rings. The summed E-state index contributed by atoms with van der Waals surface area (Å²) in [6.45, 7) is 5.54. The summed E-state index contributed by atoms with van der Waals surface area (Å²) in [5, 5.41) is 8.53. The maximum atomic E-state index is 11.5. The number of esters is 1. The van der Waals surface area contributed by atoms with Gasteiger partial charge in [-0.2, -0.15) is 5.26 Å². The Labute approximate surface area is 96.5 Å². The molecule has 0 spiro atoms. The predicted molar refractivity (Wildman–Crippen MR) is 58.6 cm³/mol. The van der Waals surface area contributed by atoms with Gasteiger partial charge in [-0.3, -0.25) is 4.79 Å². The van der Waals surface area contributed by atoms with Crippen molar-refractivity contribution in [1.82, 2.24) is 0 Å². The van der Waals surface area contributed by atoms with Crippen molar-refractivity contribution in [2.24, 2.45) is 0 Å². The molecule has 0 aliphatic carbocycles. The summed E-state index contributed by atoms with van der Waals surface area (Å²) < 4.78 is 10.8. The Morgan fingerprint density at radius 2 is 2.06 bits per heavy atom. The Balaban J connectivity index is 2.29. The molecule has 0 aromatic carbocycles. The molecule has 0 aromatic heterocycles. The predicted octanol–water partition coefficient (Wildman–Crippen LogP) is 2.18. The first kappa shape index (κ1) is 13.0. The molecule has 16 heavy (non-hydrogen) atoms. The van der Waals surface area contributed by atoms with Crippen LogP contribution in [0.25, 0.3) is 0 Å². The lowest BCUT2D eigenvalue weighted by Crippen LogP contribution is -2.26. The summed E-state index contributed by atoms with van der Waals surface area (Å²) in [4.78, 5) is 11.5. The van der Waals surface area contributed by atoms with Crippen LogP contribution in [0.2, 0.25) is 0 Å². The Bertz CT molecular complexity index is 288. The van der Waals surface area contributed by atoms with Crippen LogP contribution in [0.4, 0.5) is 0 Å². The third-order valence-electron chi connectivity index (χ3n) is 2.33. The van der Waals surface area contributed by atoms with Crippen molar-refractivity contribution in [3.05, 3.63) is 0 Å². The van der Waals surface area contributed by atoms with Crippen LogP contribution in [-0.2, 0) is 14.3 Å². The third-order valence-corrected chi connectivity index (χ3v) is 2.33. The quantitative estimate of drug-likeness (QED) is 0.691. The van der Waals surface area contributed by atoms with E-state index in [-0.39, 0.29) is 18.2 Å². The fourth-order valence-electron chi connectivity index (χ4n) is 1.75. The van der Waals surface area contributed by atoms with E-state index in [1.165, 1.54) is 0 Å². The lowest BCUT2D eigenvalue weighted by atomic mass is 10.1. The molecule has 90 valence electrons. The van der Waals surface area contributed by atoms with E-state index >= 15 is 0 Å². The van der Waals surface area contributed by atoms with Crippen LogP contribution in [-0.4, -0.2) is 23.8 Å². The molecule has 0 unspecified atom stereocenters. The summed E-state index contributed by atoms with van der Waals surface area (Å²) in [5.74, 6) is -0.227. The highest BCUT2D eigenvalue weighted by molar-refractivity contribution is 5.70. The van der Waals surface area contributed by atoms with Crippen LogP contribution in [0.1, 0.15) is 46.5 Å². The van der Waals surface area contributed by atoms with Gasteiger partial charge in [-0.05, 0) is 33.6 Å². The van der Waals surface area contributed by atoms with Gasteiger partial charge in [0.05, 0.1) is 31.1 Å². The van der Waals surface area contributed by atoms with E-state index in [9.17, 15) is 4.79 Å². The van der Waals surface area contributed by atoms with Crippen molar-refractivity contribution in [2.75, 3.05) is 0 Å². The molecule has 2 atom stereocenters. The number of rotatable bonds is 3. The minimum Gasteiger partial charge on any atom is -0.460 e. The van der Waals surface area contributed by atoms with E-state index in [0.717, 1.165) is 12.8 Å². The summed E-state index contributed by atoms with van der Waals surface area (Å²) in [7, 11) is 0. The first-order valence-electron chi connectivity index (χ1n) is 5.65. The van der Waals surface area contributed by atoms with Crippen molar-refractivity contribution in [3.63, 3.8) is 0 Å². The highest BCUT2D eigenvalue weighted by Gasteiger charge is 2.28. The second-order valence-electron chi connectivity index (χ2n) is 5.11. The number of hydrogen-bond donors (Lipinski definition) is 0. The second kappa shape index (κ2) is 5.31. The van der Waals surface area contributed by atoms with Crippen molar-refractivity contribution >= 4 is 5.97 Å². The summed E-state index contributed by atoms with van der Waals surface area (Å²) >= 11 is 0. The van der Waals surface area contributed by atoms with Gasteiger partial charge in [-0.1, -0.05) is 0 Å². The van der Waals surface area contributed by atoms with Gasteiger partial charge >= 0.3 is 5.97 Å². The molecule has 0 N–H and O–H groups in total. The van der Waals surface area contributed by atoms with Gasteiger partial charge in [0, 0.05) is 0 Å². The van der Waals surface area contributed by atoms with Gasteiger partial charge in [0.25, 0.3) is 0 Å². The molecule has 4 nitrogen and oxygen atoms in total. The summed E-state index contributed by atoms with van der Waals surface area (Å²) in [5.41, 5.74) is -0.443. The van der Waals surface area contributed by atoms with Crippen LogP contribution in [0.5, 0.6) is 0 Å². The molecule has 4 heteroatoms. The number of carbonyl (C=O) groups excluding carboxylic acids is 1. The fourth-order valence-corrected chi connectivity index (χ4v) is 1.75. The van der Waals surface area contributed by atoms with Gasteiger partial charge in [-0.15, -0.1) is 0 Å². The van der Waals surface area contributed by atoms with E-state index in [0.29, 0.717) is 12.8 Å². The Morgan fingerprint density at radius 1 is 1.44 bits per heavy atom. The molecule has 0 saturated carbocycles. The lowest BCUT2D eigenvalue weighted by Gasteiger charge is -2.20. The van der Waals surface area contributed by atoms with Crippen molar-refractivity contribution in [2.45, 2.75) is 64.3 Å². The maximum absolute atomic E-state index is 11.5. The van der Waals surface area contributed by atoms with E-state index in [1.54, 1.807) is 0 Å². The monoisotopic (exact) mass is 225 g/mol. The first-order valence-corrected chi connectivity index (χ1v) is 5.65. The zero-order valence-corrected chi connectivity index (χ0v) is 10.2. The van der Waals surface area contributed by atoms with Crippen LogP contribution < -0.4 is 0 Å². The molecule has 1 heterocycles. The van der Waals surface area contributed by atoms with Crippen LogP contribution in [0, 0.1) is 11.3 Å². The summed E-state index contributed by atoms with van der Waals surface area (Å²) in [6.07, 6.45) is 2.32. The van der Waals surface area contributed by atoms with Gasteiger partial charge < -0.3 is 9.47 Å². The Morgan fingerprint density at radius 3 is 2.62 bits per heavy atom. The van der Waals surface area contributed by atoms with Gasteiger partial charge in [0.15, 0.2) is 0 Å². The second-order valence-corrected chi connectivity index (χ2v) is 5.11. The van der Waals surface area contributed by atoms with E-state index in [1.807, 2.05) is 20.8 Å². The van der Waals surface area contributed by atoms with Crippen LogP contribution in [0.15, 0.2) is 0 Å². The maximum Gasteiger partial charge on any atom is 0.308 e. The Hall–Kier alpha value is -1.08. The molecular formula is C12H19NO3. The third kappa shape index (κ3) is 4.63. The molecule has 0 amide bonds. The average Bonchev–Trinajstić information content (AvgIpc) is 2.49. The minimum absolute atomic E-state index is 0.00237. The zero-order valence-electron chi connectivity index (χ0n) is 10.2. The number of hydrogen-bond acceptors (Lipinski definition) is 4. The Kier molecular flexibility index (Phi) is 4.31. The molecule has 0 aromatic rings. The van der Waals surface area contributed by atoms with E-state index in [4.69, 9.17) is 14.7 Å².